The van der Waals surface area contributed by atoms with Crippen molar-refractivity contribution in [1.82, 2.24) is 0 Å². The van der Waals surface area contributed by atoms with Crippen molar-refractivity contribution in [3.8, 4) is 0 Å². The molecule has 242 valence electrons. The monoisotopic (exact) mass is 612 g/mol. The molecule has 2 bridgehead atoms. The smallest absolute Gasteiger partial charge is 0.119 e. The van der Waals surface area contributed by atoms with Crippen molar-refractivity contribution in [1.29, 1.82) is 0 Å². The van der Waals surface area contributed by atoms with Crippen LogP contribution in [0.1, 0.15) is 95.9 Å². The molecule has 1 heterocycles. The zero-order chi connectivity index (χ0) is 31.3. The van der Waals surface area contributed by atoms with Crippen LogP contribution < -0.4 is 0 Å². The second-order valence-electron chi connectivity index (χ2n) is 13.8. The number of fused-ring (bicyclic) bond motifs is 4. The van der Waals surface area contributed by atoms with Crippen molar-refractivity contribution in [2.24, 2.45) is 0 Å². The van der Waals surface area contributed by atoms with Gasteiger partial charge in [0.1, 0.15) is 11.2 Å². The van der Waals surface area contributed by atoms with E-state index in [2.05, 4.69) is 88.4 Å². The first-order valence-electron chi connectivity index (χ1n) is 17.2. The molecule has 3 aromatic carbocycles. The first kappa shape index (κ1) is 32.4. The van der Waals surface area contributed by atoms with Gasteiger partial charge in [-0.15, -0.1) is 0 Å². The van der Waals surface area contributed by atoms with Crippen LogP contribution in [0.15, 0.2) is 60.7 Å². The van der Waals surface area contributed by atoms with Gasteiger partial charge >= 0.3 is 0 Å². The van der Waals surface area contributed by atoms with E-state index in [-0.39, 0.29) is 12.2 Å². The Bertz CT molecular complexity index is 1290. The molecule has 5 heteroatoms. The molecule has 2 saturated carbocycles. The molecule has 0 spiro atoms. The Morgan fingerprint density at radius 2 is 0.978 bits per heavy atom. The fourth-order valence-electron chi connectivity index (χ4n) is 8.12. The molecule has 4 atom stereocenters. The fraction of sp³-hybridized carbons (Fsp3) is 0.550. The molecule has 0 unspecified atom stereocenters. The fourth-order valence-corrected chi connectivity index (χ4v) is 8.12. The SMILES string of the molecule is Cc1cc(C)cc([C@@]23CCCC[C@@H]2OCc2cccc(c2)CO[C@H]2CCCC[C@@]2(c2cc(C)cc(C)c2)OCCOCCO3)c1. The van der Waals surface area contributed by atoms with Crippen molar-refractivity contribution < 1.29 is 23.7 Å². The third kappa shape index (κ3) is 7.39. The minimum Gasteiger partial charge on any atom is -0.377 e. The lowest BCUT2D eigenvalue weighted by molar-refractivity contribution is -0.191. The van der Waals surface area contributed by atoms with Gasteiger partial charge in [-0.2, -0.15) is 0 Å². The van der Waals surface area contributed by atoms with Crippen LogP contribution in [0.3, 0.4) is 0 Å². The molecule has 1 aliphatic heterocycles. The molecule has 3 aromatic rings. The van der Waals surface area contributed by atoms with Gasteiger partial charge in [0.15, 0.2) is 0 Å². The van der Waals surface area contributed by atoms with E-state index in [1.165, 1.54) is 44.5 Å². The molecule has 2 fully saturated rings. The van der Waals surface area contributed by atoms with Crippen LogP contribution in [0.5, 0.6) is 0 Å². The van der Waals surface area contributed by atoms with E-state index in [0.717, 1.165) is 51.4 Å². The number of aryl methyl sites for hydroxylation is 4. The topological polar surface area (TPSA) is 46.2 Å². The lowest BCUT2D eigenvalue weighted by atomic mass is 9.76. The zero-order valence-corrected chi connectivity index (χ0v) is 27.9. The van der Waals surface area contributed by atoms with Crippen molar-refractivity contribution in [3.05, 3.63) is 105 Å². The molecule has 0 aromatic heterocycles. The highest BCUT2D eigenvalue weighted by molar-refractivity contribution is 5.35. The third-order valence-electron chi connectivity index (χ3n) is 10.1. The van der Waals surface area contributed by atoms with Gasteiger partial charge in [0, 0.05) is 0 Å². The van der Waals surface area contributed by atoms with E-state index in [9.17, 15) is 0 Å². The largest absolute Gasteiger partial charge is 0.377 e. The molecular weight excluding hydrogens is 560 g/mol. The van der Waals surface area contributed by atoms with Crippen molar-refractivity contribution in [3.63, 3.8) is 0 Å². The predicted molar refractivity (Wildman–Crippen MR) is 178 cm³/mol. The van der Waals surface area contributed by atoms with Crippen LogP contribution in [0.25, 0.3) is 0 Å². The van der Waals surface area contributed by atoms with E-state index >= 15 is 0 Å². The van der Waals surface area contributed by atoms with Gasteiger partial charge in [0.05, 0.1) is 51.8 Å². The van der Waals surface area contributed by atoms with Crippen molar-refractivity contribution >= 4 is 0 Å². The molecule has 5 nitrogen and oxygen atoms in total. The molecule has 0 amide bonds. The Kier molecular flexibility index (Phi) is 10.4. The summed E-state index contributed by atoms with van der Waals surface area (Å²) >= 11 is 0. The van der Waals surface area contributed by atoms with Crippen molar-refractivity contribution in [2.75, 3.05) is 26.4 Å². The highest BCUT2D eigenvalue weighted by Gasteiger charge is 2.46. The summed E-state index contributed by atoms with van der Waals surface area (Å²) < 4.78 is 33.7. The van der Waals surface area contributed by atoms with E-state index in [1.54, 1.807) is 0 Å². The Morgan fingerprint density at radius 1 is 0.533 bits per heavy atom. The maximum atomic E-state index is 6.92. The second kappa shape index (κ2) is 14.5. The molecule has 45 heavy (non-hydrogen) atoms. The van der Waals surface area contributed by atoms with Crippen LogP contribution in [-0.2, 0) is 48.1 Å². The Balaban J connectivity index is 1.30. The normalized spacial score (nSPS) is 28.7. The standard InChI is InChI=1S/C40H52O5/c1-29-20-30(2)23-35(22-29)39-14-7-5-12-37(39)42-27-33-10-9-11-34(26-33)28-43-38-13-6-8-15-40(38,45-19-17-41-16-18-44-39)36-24-31(3)21-32(4)25-36/h9-11,20-26,37-38H,5-8,12-19,27-28H2,1-4H3/t37-,38-,39-,40-/m0/s1. The van der Waals surface area contributed by atoms with Gasteiger partial charge in [-0.25, -0.2) is 0 Å². The number of ether oxygens (including phenoxy) is 5. The number of benzene rings is 3. The summed E-state index contributed by atoms with van der Waals surface area (Å²) in [7, 11) is 0. The van der Waals surface area contributed by atoms with E-state index < -0.39 is 11.2 Å². The first-order valence-corrected chi connectivity index (χ1v) is 17.2. The van der Waals surface area contributed by atoms with E-state index in [4.69, 9.17) is 23.7 Å². The summed E-state index contributed by atoms with van der Waals surface area (Å²) in [5.41, 5.74) is 8.82. The van der Waals surface area contributed by atoms with E-state index in [0.29, 0.717) is 39.6 Å². The first-order chi connectivity index (χ1) is 21.9. The van der Waals surface area contributed by atoms with Gasteiger partial charge in [-0.05, 0) is 75.6 Å². The van der Waals surface area contributed by atoms with Gasteiger partial charge in [0.2, 0.25) is 0 Å². The number of rotatable bonds is 2. The summed E-state index contributed by atoms with van der Waals surface area (Å²) in [6, 6.07) is 22.4. The molecule has 3 aliphatic rings. The molecule has 0 radical (unpaired) electrons. The van der Waals surface area contributed by atoms with Crippen LogP contribution in [0.4, 0.5) is 0 Å². The molecule has 6 rings (SSSR count). The van der Waals surface area contributed by atoms with E-state index in [1.807, 2.05) is 0 Å². The maximum Gasteiger partial charge on any atom is 0.119 e. The average molecular weight is 613 g/mol. The minimum absolute atomic E-state index is 0.0322. The maximum absolute atomic E-state index is 6.92. The number of hydrogen-bond donors (Lipinski definition) is 0. The minimum atomic E-state index is -0.497. The summed E-state index contributed by atoms with van der Waals surface area (Å²) in [5.74, 6) is 0. The van der Waals surface area contributed by atoms with Crippen molar-refractivity contribution in [2.45, 2.75) is 116 Å². The number of hydrogen-bond acceptors (Lipinski definition) is 5. The molecule has 0 N–H and O–H groups in total. The van der Waals surface area contributed by atoms with Crippen LogP contribution in [-0.4, -0.2) is 38.6 Å². The predicted octanol–water partition coefficient (Wildman–Crippen LogP) is 8.69. The van der Waals surface area contributed by atoms with Gasteiger partial charge in [0.25, 0.3) is 0 Å². The van der Waals surface area contributed by atoms with Gasteiger partial charge in [-0.1, -0.05) is 109 Å². The lowest BCUT2D eigenvalue weighted by Gasteiger charge is -2.45. The summed E-state index contributed by atoms with van der Waals surface area (Å²) in [6.45, 7) is 11.8. The van der Waals surface area contributed by atoms with Crippen LogP contribution >= 0.6 is 0 Å². The summed E-state index contributed by atoms with van der Waals surface area (Å²) in [5, 5.41) is 0. The van der Waals surface area contributed by atoms with Gasteiger partial charge in [-0.3, -0.25) is 0 Å². The summed E-state index contributed by atoms with van der Waals surface area (Å²) in [6.07, 6.45) is 8.31. The van der Waals surface area contributed by atoms with Crippen LogP contribution in [0, 0.1) is 27.7 Å². The Hall–Kier alpha value is -2.54. The molecule has 0 saturated heterocycles. The Morgan fingerprint density at radius 3 is 1.42 bits per heavy atom. The lowest BCUT2D eigenvalue weighted by Crippen LogP contribution is -2.47. The molecule has 2 aliphatic carbocycles. The highest BCUT2D eigenvalue weighted by Crippen LogP contribution is 2.45. The molecular formula is C40H52O5. The average Bonchev–Trinajstić information content (AvgIpc) is 3.02. The third-order valence-corrected chi connectivity index (χ3v) is 10.1. The van der Waals surface area contributed by atoms with Crippen LogP contribution in [0.2, 0.25) is 0 Å². The van der Waals surface area contributed by atoms with Gasteiger partial charge < -0.3 is 23.7 Å². The Labute approximate surface area is 270 Å². The summed E-state index contributed by atoms with van der Waals surface area (Å²) in [4.78, 5) is 0. The second-order valence-corrected chi connectivity index (χ2v) is 13.8. The zero-order valence-electron chi connectivity index (χ0n) is 27.9. The highest BCUT2D eigenvalue weighted by atomic mass is 16.6. The quantitative estimate of drug-likeness (QED) is 0.290.